The molecule has 0 aliphatic heterocycles. The quantitative estimate of drug-likeness (QED) is 0.644. The third-order valence-electron chi connectivity index (χ3n) is 1.61. The van der Waals surface area contributed by atoms with Gasteiger partial charge >= 0.3 is 0 Å². The lowest BCUT2D eigenvalue weighted by atomic mass is 10.3. The lowest BCUT2D eigenvalue weighted by Crippen LogP contribution is -2.26. The van der Waals surface area contributed by atoms with E-state index in [1.54, 1.807) is 0 Å². The van der Waals surface area contributed by atoms with E-state index < -0.39 is 27.4 Å². The molecule has 0 heterocycles. The normalized spacial score (nSPS) is 11.2. The fourth-order valence-electron chi connectivity index (χ4n) is 0.992. The molecule has 0 atom stereocenters. The molecular formula is C8H7BrF2N2O2S2. The van der Waals surface area contributed by atoms with E-state index in [9.17, 15) is 17.2 Å². The second-order valence-corrected chi connectivity index (χ2v) is 6.17. The van der Waals surface area contributed by atoms with Crippen LogP contribution < -0.4 is 10.5 Å². The molecule has 0 unspecified atom stereocenters. The monoisotopic (exact) mass is 344 g/mol. The molecule has 0 radical (unpaired) electrons. The molecule has 3 N–H and O–H groups in total. The number of nitrogens with one attached hydrogen (secondary N) is 1. The molecule has 9 heteroatoms. The first kappa shape index (κ1) is 14.3. The molecule has 0 bridgehead atoms. The van der Waals surface area contributed by atoms with E-state index in [0.29, 0.717) is 6.07 Å². The van der Waals surface area contributed by atoms with Gasteiger partial charge < -0.3 is 5.73 Å². The Morgan fingerprint density at radius 1 is 1.41 bits per heavy atom. The summed E-state index contributed by atoms with van der Waals surface area (Å²) in [7, 11) is -3.89. The number of nitrogens with two attached hydrogens (primary N) is 1. The van der Waals surface area contributed by atoms with Gasteiger partial charge in [0.05, 0.1) is 15.1 Å². The van der Waals surface area contributed by atoms with Crippen LogP contribution in [-0.2, 0) is 10.0 Å². The van der Waals surface area contributed by atoms with Crippen molar-refractivity contribution in [1.82, 2.24) is 0 Å². The lowest BCUT2D eigenvalue weighted by Gasteiger charge is -2.08. The maximum absolute atomic E-state index is 13.2. The van der Waals surface area contributed by atoms with Gasteiger partial charge in [-0.25, -0.2) is 17.2 Å². The van der Waals surface area contributed by atoms with Crippen molar-refractivity contribution in [2.75, 3.05) is 10.5 Å². The van der Waals surface area contributed by atoms with E-state index >= 15 is 0 Å². The van der Waals surface area contributed by atoms with Gasteiger partial charge in [0.15, 0.2) is 0 Å². The first-order valence-electron chi connectivity index (χ1n) is 4.14. The molecule has 0 saturated heterocycles. The molecule has 94 valence electrons. The van der Waals surface area contributed by atoms with Gasteiger partial charge in [0.2, 0.25) is 10.0 Å². The first-order valence-corrected chi connectivity index (χ1v) is 7.00. The first-order chi connectivity index (χ1) is 7.71. The van der Waals surface area contributed by atoms with E-state index in [1.807, 2.05) is 4.72 Å². The maximum Gasteiger partial charge on any atom is 0.239 e. The van der Waals surface area contributed by atoms with Crippen LogP contribution in [0.3, 0.4) is 0 Å². The Kier molecular flexibility index (Phi) is 4.39. The van der Waals surface area contributed by atoms with E-state index in [4.69, 9.17) is 5.73 Å². The van der Waals surface area contributed by atoms with Crippen LogP contribution in [0.4, 0.5) is 14.5 Å². The smallest absolute Gasteiger partial charge is 0.239 e. The fraction of sp³-hybridized carbons (Fsp3) is 0.125. The van der Waals surface area contributed by atoms with Crippen LogP contribution in [-0.4, -0.2) is 19.2 Å². The molecule has 0 aliphatic carbocycles. The van der Waals surface area contributed by atoms with Gasteiger partial charge in [0, 0.05) is 6.07 Å². The van der Waals surface area contributed by atoms with Crippen molar-refractivity contribution in [3.63, 3.8) is 0 Å². The van der Waals surface area contributed by atoms with Crippen molar-refractivity contribution in [3.8, 4) is 0 Å². The van der Waals surface area contributed by atoms with Gasteiger partial charge in [-0.3, -0.25) is 4.72 Å². The molecule has 4 nitrogen and oxygen atoms in total. The van der Waals surface area contributed by atoms with E-state index in [0.717, 1.165) is 6.07 Å². The summed E-state index contributed by atoms with van der Waals surface area (Å²) in [4.78, 5) is -0.251. The standard InChI is InChI=1S/C8H7BrF2N2O2S2/c9-4-1-7(6(11)2-5(4)10)13-17(14,15)3-8(12)16/h1-2,13H,3H2,(H2,12,16). The van der Waals surface area contributed by atoms with Crippen LogP contribution in [0.15, 0.2) is 16.6 Å². The predicted octanol–water partition coefficient (Wildman–Crippen LogP) is 1.76. The molecule has 1 rings (SSSR count). The van der Waals surface area contributed by atoms with Crippen LogP contribution in [0.2, 0.25) is 0 Å². The molecule has 1 aromatic rings. The van der Waals surface area contributed by atoms with Gasteiger partial charge in [-0.15, -0.1) is 0 Å². The minimum atomic E-state index is -3.89. The summed E-state index contributed by atoms with van der Waals surface area (Å²) >= 11 is 7.25. The van der Waals surface area contributed by atoms with Gasteiger partial charge in [-0.2, -0.15) is 0 Å². The number of benzene rings is 1. The topological polar surface area (TPSA) is 72.2 Å². The van der Waals surface area contributed by atoms with E-state index in [1.165, 1.54) is 0 Å². The van der Waals surface area contributed by atoms with Gasteiger partial charge in [-0.05, 0) is 22.0 Å². The second kappa shape index (κ2) is 5.23. The Hall–Kier alpha value is -0.800. The summed E-state index contributed by atoms with van der Waals surface area (Å²) in [6, 6.07) is 1.53. The minimum absolute atomic E-state index is 0.0630. The summed E-state index contributed by atoms with van der Waals surface area (Å²) in [6.07, 6.45) is 0. The van der Waals surface area contributed by atoms with Crippen molar-refractivity contribution < 1.29 is 17.2 Å². The second-order valence-electron chi connectivity index (χ2n) is 3.07. The minimum Gasteiger partial charge on any atom is -0.392 e. The van der Waals surface area contributed by atoms with E-state index in [-0.39, 0.29) is 15.1 Å². The zero-order valence-corrected chi connectivity index (χ0v) is 11.4. The van der Waals surface area contributed by atoms with Crippen molar-refractivity contribution in [1.29, 1.82) is 0 Å². The molecule has 0 saturated carbocycles. The highest BCUT2D eigenvalue weighted by atomic mass is 79.9. The SMILES string of the molecule is NC(=S)CS(=O)(=O)Nc1cc(Br)c(F)cc1F. The predicted molar refractivity (Wildman–Crippen MR) is 68.3 cm³/mol. The van der Waals surface area contributed by atoms with Crippen LogP contribution in [0.1, 0.15) is 0 Å². The lowest BCUT2D eigenvalue weighted by molar-refractivity contribution is 0.579. The average Bonchev–Trinajstić information content (AvgIpc) is 2.11. The third kappa shape index (κ3) is 4.17. The van der Waals surface area contributed by atoms with E-state index in [2.05, 4.69) is 28.1 Å². The highest BCUT2D eigenvalue weighted by Gasteiger charge is 2.16. The summed E-state index contributed by atoms with van der Waals surface area (Å²) in [5.74, 6) is -2.48. The molecule has 0 fully saturated rings. The molecule has 0 amide bonds. The molecule has 0 aliphatic rings. The summed E-state index contributed by atoms with van der Waals surface area (Å²) in [5.41, 5.74) is 4.69. The van der Waals surface area contributed by atoms with Gasteiger partial charge in [-0.1, -0.05) is 12.2 Å². The van der Waals surface area contributed by atoms with Crippen molar-refractivity contribution in [3.05, 3.63) is 28.2 Å². The van der Waals surface area contributed by atoms with Crippen molar-refractivity contribution >= 4 is 48.8 Å². The zero-order valence-electron chi connectivity index (χ0n) is 8.21. The number of hydrogen-bond donors (Lipinski definition) is 2. The van der Waals surface area contributed by atoms with Crippen molar-refractivity contribution in [2.45, 2.75) is 0 Å². The molecule has 0 spiro atoms. The summed E-state index contributed by atoms with van der Waals surface area (Å²) in [6.45, 7) is 0. The highest BCUT2D eigenvalue weighted by Crippen LogP contribution is 2.24. The molecular weight excluding hydrogens is 338 g/mol. The van der Waals surface area contributed by atoms with Gasteiger partial charge in [0.25, 0.3) is 0 Å². The van der Waals surface area contributed by atoms with Crippen molar-refractivity contribution in [2.24, 2.45) is 5.73 Å². The van der Waals surface area contributed by atoms with Crippen LogP contribution in [0.25, 0.3) is 0 Å². The Labute approximate surface area is 110 Å². The average molecular weight is 345 g/mol. The number of anilines is 1. The van der Waals surface area contributed by atoms with Gasteiger partial charge in [0.1, 0.15) is 17.4 Å². The molecule has 17 heavy (non-hydrogen) atoms. The number of halogens is 3. The fourth-order valence-corrected chi connectivity index (χ4v) is 2.74. The van der Waals surface area contributed by atoms with Crippen LogP contribution in [0, 0.1) is 11.6 Å². The Balaban J connectivity index is 3.04. The largest absolute Gasteiger partial charge is 0.392 e. The Bertz CT molecular complexity index is 563. The van der Waals surface area contributed by atoms with Crippen LogP contribution in [0.5, 0.6) is 0 Å². The molecule has 1 aromatic carbocycles. The third-order valence-corrected chi connectivity index (χ3v) is 3.76. The molecule has 0 aromatic heterocycles. The van der Waals surface area contributed by atoms with Crippen LogP contribution >= 0.6 is 28.1 Å². The number of thiocarbonyl (C=S) groups is 1. The Morgan fingerprint density at radius 2 is 2.00 bits per heavy atom. The zero-order chi connectivity index (χ0) is 13.2. The Morgan fingerprint density at radius 3 is 2.53 bits per heavy atom. The maximum atomic E-state index is 13.2. The summed E-state index contributed by atoms with van der Waals surface area (Å²) in [5, 5.41) is 0. The number of sulfonamides is 1. The number of hydrogen-bond acceptors (Lipinski definition) is 3. The summed E-state index contributed by atoms with van der Waals surface area (Å²) < 4.78 is 50.8. The highest BCUT2D eigenvalue weighted by molar-refractivity contribution is 9.10. The number of rotatable bonds is 4.